The van der Waals surface area contributed by atoms with Crippen molar-refractivity contribution in [2.24, 2.45) is 0 Å². The average Bonchev–Trinajstić information content (AvgIpc) is 2.36. The van der Waals surface area contributed by atoms with Crippen LogP contribution in [-0.4, -0.2) is 30.0 Å². The number of amides is 3. The number of pyridine rings is 1. The van der Waals surface area contributed by atoms with Gasteiger partial charge in [-0.3, -0.25) is 10.1 Å². The fraction of sp³-hybridized carbons (Fsp3) is 0.182. The lowest BCUT2D eigenvalue weighted by Crippen LogP contribution is -2.39. The van der Waals surface area contributed by atoms with Gasteiger partial charge in [0.05, 0.1) is 12.7 Å². The molecule has 0 saturated heterocycles. The molecule has 0 atom stereocenters. The molecule has 0 bridgehead atoms. The number of urea groups is 1. The van der Waals surface area contributed by atoms with Crippen LogP contribution in [0.5, 0.6) is 0 Å². The van der Waals surface area contributed by atoms with Crippen molar-refractivity contribution in [3.63, 3.8) is 0 Å². The quantitative estimate of drug-likeness (QED) is 0.673. The second-order valence-corrected chi connectivity index (χ2v) is 3.26. The third kappa shape index (κ3) is 5.06. The van der Waals surface area contributed by atoms with Crippen LogP contribution in [0.3, 0.4) is 0 Å². The molecule has 0 aromatic carbocycles. The Balaban J connectivity index is 2.31. The molecule has 3 amide bonds. The van der Waals surface area contributed by atoms with Crippen LogP contribution in [0.15, 0.2) is 31.0 Å². The Bertz CT molecular complexity index is 433. The molecule has 0 fully saturated rings. The van der Waals surface area contributed by atoms with Gasteiger partial charge in [-0.25, -0.2) is 14.2 Å². The molecular weight excluding hydrogens is 239 g/mol. The summed E-state index contributed by atoms with van der Waals surface area (Å²) in [6.07, 6.45) is 2.51. The monoisotopic (exact) mass is 252 g/mol. The molecule has 0 aliphatic carbocycles. The zero-order valence-electron chi connectivity index (χ0n) is 9.57. The number of halogens is 1. The fourth-order valence-corrected chi connectivity index (χ4v) is 1.02. The van der Waals surface area contributed by atoms with Gasteiger partial charge in [0, 0.05) is 6.54 Å². The maximum absolute atomic E-state index is 12.5. The number of hydrogen-bond acceptors (Lipinski definition) is 3. The third-order valence-corrected chi connectivity index (χ3v) is 1.82. The van der Waals surface area contributed by atoms with E-state index in [0.29, 0.717) is 6.54 Å². The first-order valence-corrected chi connectivity index (χ1v) is 5.16. The molecule has 3 N–H and O–H groups in total. The first-order chi connectivity index (χ1) is 8.61. The summed E-state index contributed by atoms with van der Waals surface area (Å²) in [6, 6.07) is 1.88. The van der Waals surface area contributed by atoms with E-state index in [1.54, 1.807) is 0 Å². The number of carbonyl (C=O) groups excluding carboxylic acids is 2. The molecule has 1 rings (SSSR count). The molecule has 0 aliphatic heterocycles. The predicted molar refractivity (Wildman–Crippen MR) is 64.4 cm³/mol. The van der Waals surface area contributed by atoms with Crippen molar-refractivity contribution in [2.45, 2.75) is 0 Å². The molecule has 96 valence electrons. The zero-order valence-corrected chi connectivity index (χ0v) is 9.57. The van der Waals surface area contributed by atoms with E-state index in [4.69, 9.17) is 0 Å². The van der Waals surface area contributed by atoms with Gasteiger partial charge in [0.2, 0.25) is 5.91 Å². The Morgan fingerprint density at radius 1 is 1.39 bits per heavy atom. The number of aromatic nitrogens is 1. The zero-order chi connectivity index (χ0) is 13.4. The van der Waals surface area contributed by atoms with Gasteiger partial charge in [-0.2, -0.15) is 0 Å². The van der Waals surface area contributed by atoms with Crippen LogP contribution in [0.4, 0.5) is 15.0 Å². The third-order valence-electron chi connectivity index (χ3n) is 1.82. The lowest BCUT2D eigenvalue weighted by Gasteiger charge is -2.06. The predicted octanol–water partition coefficient (Wildman–Crippen LogP) is 0.644. The molecule has 1 aromatic heterocycles. The minimum absolute atomic E-state index is 0.166. The topological polar surface area (TPSA) is 83.1 Å². The van der Waals surface area contributed by atoms with Crippen LogP contribution in [0.25, 0.3) is 0 Å². The smallest absolute Gasteiger partial charge is 0.320 e. The van der Waals surface area contributed by atoms with E-state index in [9.17, 15) is 14.0 Å². The Hall–Kier alpha value is -2.44. The summed E-state index contributed by atoms with van der Waals surface area (Å²) < 4.78 is 12.5. The maximum atomic E-state index is 12.5. The van der Waals surface area contributed by atoms with Gasteiger partial charge in [-0.05, 0) is 12.1 Å². The van der Waals surface area contributed by atoms with E-state index >= 15 is 0 Å². The van der Waals surface area contributed by atoms with Crippen molar-refractivity contribution >= 4 is 17.8 Å². The summed E-state index contributed by atoms with van der Waals surface area (Å²) >= 11 is 0. The maximum Gasteiger partial charge on any atom is 0.320 e. The summed E-state index contributed by atoms with van der Waals surface area (Å²) in [7, 11) is 0. The van der Waals surface area contributed by atoms with E-state index < -0.39 is 11.8 Å². The van der Waals surface area contributed by atoms with Gasteiger partial charge < -0.3 is 10.6 Å². The van der Waals surface area contributed by atoms with Crippen LogP contribution >= 0.6 is 0 Å². The number of hydrogen-bond donors (Lipinski definition) is 3. The number of nitrogens with one attached hydrogen (secondary N) is 3. The van der Waals surface area contributed by atoms with Gasteiger partial charge in [0.25, 0.3) is 0 Å². The molecule has 7 heteroatoms. The van der Waals surface area contributed by atoms with E-state index in [1.165, 1.54) is 18.2 Å². The summed E-state index contributed by atoms with van der Waals surface area (Å²) in [4.78, 5) is 26.1. The first-order valence-electron chi connectivity index (χ1n) is 5.16. The molecule has 0 spiro atoms. The van der Waals surface area contributed by atoms with Crippen LogP contribution in [0.2, 0.25) is 0 Å². The van der Waals surface area contributed by atoms with Gasteiger partial charge in [-0.15, -0.1) is 6.58 Å². The van der Waals surface area contributed by atoms with Crippen molar-refractivity contribution in [2.75, 3.05) is 18.4 Å². The highest BCUT2D eigenvalue weighted by Gasteiger charge is 2.05. The van der Waals surface area contributed by atoms with E-state index in [2.05, 4.69) is 27.5 Å². The van der Waals surface area contributed by atoms with Crippen molar-refractivity contribution in [1.82, 2.24) is 15.6 Å². The van der Waals surface area contributed by atoms with Gasteiger partial charge in [-0.1, -0.05) is 6.08 Å². The molecule has 0 unspecified atom stereocenters. The number of carbonyl (C=O) groups is 2. The van der Waals surface area contributed by atoms with E-state index in [1.807, 2.05) is 0 Å². The second-order valence-electron chi connectivity index (χ2n) is 3.26. The largest absolute Gasteiger partial charge is 0.351 e. The fourth-order valence-electron chi connectivity index (χ4n) is 1.02. The molecule has 0 saturated carbocycles. The molecule has 0 radical (unpaired) electrons. The van der Waals surface area contributed by atoms with Gasteiger partial charge in [0.15, 0.2) is 0 Å². The lowest BCUT2D eigenvalue weighted by molar-refractivity contribution is -0.119. The van der Waals surface area contributed by atoms with Gasteiger partial charge in [0.1, 0.15) is 11.6 Å². The molecule has 1 aromatic rings. The Morgan fingerprint density at radius 3 is 2.78 bits per heavy atom. The van der Waals surface area contributed by atoms with Crippen LogP contribution < -0.4 is 16.0 Å². The molecule has 1 heterocycles. The molecule has 6 nitrogen and oxygen atoms in total. The number of anilines is 1. The van der Waals surface area contributed by atoms with E-state index in [0.717, 1.165) is 6.20 Å². The van der Waals surface area contributed by atoms with Crippen molar-refractivity contribution < 1.29 is 14.0 Å². The summed E-state index contributed by atoms with van der Waals surface area (Å²) in [5, 5.41) is 7.17. The lowest BCUT2D eigenvalue weighted by atomic mass is 10.4. The first kappa shape index (κ1) is 13.6. The Labute approximate surface area is 103 Å². The summed E-state index contributed by atoms with van der Waals surface area (Å²) in [5.74, 6) is -0.637. The highest BCUT2D eigenvalue weighted by atomic mass is 19.1. The molecule has 0 aliphatic rings. The number of rotatable bonds is 5. The van der Waals surface area contributed by atoms with Crippen molar-refractivity contribution in [3.8, 4) is 0 Å². The normalized spacial score (nSPS) is 9.39. The second kappa shape index (κ2) is 7.00. The molecular formula is C11H13FN4O2. The SMILES string of the molecule is C=CCNC(=O)CNC(=O)Nc1ccc(F)cn1. The minimum Gasteiger partial charge on any atom is -0.351 e. The van der Waals surface area contributed by atoms with E-state index in [-0.39, 0.29) is 18.3 Å². The minimum atomic E-state index is -0.595. The Morgan fingerprint density at radius 2 is 2.17 bits per heavy atom. The summed E-state index contributed by atoms with van der Waals surface area (Å²) in [5.41, 5.74) is 0. The highest BCUT2D eigenvalue weighted by Crippen LogP contribution is 2.02. The Kier molecular flexibility index (Phi) is 5.30. The number of nitrogens with zero attached hydrogens (tertiary/aromatic N) is 1. The van der Waals surface area contributed by atoms with Crippen molar-refractivity contribution in [3.05, 3.63) is 36.8 Å². The van der Waals surface area contributed by atoms with Crippen LogP contribution in [-0.2, 0) is 4.79 Å². The highest BCUT2D eigenvalue weighted by molar-refractivity contribution is 5.91. The van der Waals surface area contributed by atoms with Crippen LogP contribution in [0.1, 0.15) is 0 Å². The average molecular weight is 252 g/mol. The standard InChI is InChI=1S/C11H13FN4O2/c1-2-5-13-10(17)7-15-11(18)16-9-4-3-8(12)6-14-9/h2-4,6H,1,5,7H2,(H,13,17)(H2,14,15,16,18). The van der Waals surface area contributed by atoms with Crippen LogP contribution in [0, 0.1) is 5.82 Å². The molecule has 18 heavy (non-hydrogen) atoms. The van der Waals surface area contributed by atoms with Crippen molar-refractivity contribution in [1.29, 1.82) is 0 Å². The van der Waals surface area contributed by atoms with Gasteiger partial charge >= 0.3 is 6.03 Å². The summed E-state index contributed by atoms with van der Waals surface area (Å²) in [6.45, 7) is 3.61.